The molecule has 3 atom stereocenters. The minimum Gasteiger partial charge on any atom is -0.463 e. The fourth-order valence-corrected chi connectivity index (χ4v) is 3.40. The number of ether oxygens (including phenoxy) is 3. The van der Waals surface area contributed by atoms with Gasteiger partial charge in [0.05, 0.1) is 22.0 Å². The minimum absolute atomic E-state index is 0.0712. The maximum atomic E-state index is 12.9. The van der Waals surface area contributed by atoms with Crippen molar-refractivity contribution in [2.75, 3.05) is 26.9 Å². The Kier molecular flexibility index (Phi) is 8.70. The van der Waals surface area contributed by atoms with E-state index >= 15 is 0 Å². The van der Waals surface area contributed by atoms with E-state index < -0.39 is 46.5 Å². The summed E-state index contributed by atoms with van der Waals surface area (Å²) < 4.78 is 15.0. The van der Waals surface area contributed by atoms with Gasteiger partial charge in [0.15, 0.2) is 6.61 Å². The molecule has 1 aliphatic rings. The molecule has 0 aliphatic carbocycles. The molecule has 1 aliphatic heterocycles. The van der Waals surface area contributed by atoms with Crippen molar-refractivity contribution < 1.29 is 38.8 Å². The van der Waals surface area contributed by atoms with Crippen LogP contribution in [0, 0.1) is 26.1 Å². The summed E-state index contributed by atoms with van der Waals surface area (Å²) in [6.45, 7) is 2.14. The zero-order valence-corrected chi connectivity index (χ0v) is 18.1. The van der Waals surface area contributed by atoms with Crippen LogP contribution in [0.15, 0.2) is 40.5 Å². The average Bonchev–Trinajstić information content (AvgIpc) is 2.76. The molecule has 0 fully saturated rings. The molecule has 0 aromatic heterocycles. The Morgan fingerprint density at radius 2 is 1.88 bits per heavy atom. The number of allylic oxidation sites excluding steroid dienone is 1. The third-order valence-electron chi connectivity index (χ3n) is 4.88. The molecule has 33 heavy (non-hydrogen) atoms. The molecule has 1 aromatic rings. The van der Waals surface area contributed by atoms with E-state index in [1.807, 2.05) is 0 Å². The lowest BCUT2D eigenvalue weighted by molar-refractivity contribution is -0.572. The van der Waals surface area contributed by atoms with Gasteiger partial charge in [-0.2, -0.15) is 0 Å². The molecule has 2 rings (SSSR count). The second kappa shape index (κ2) is 11.2. The molecule has 13 heteroatoms. The number of benzene rings is 1. The highest BCUT2D eigenvalue weighted by molar-refractivity contribution is 6.07. The number of carbonyl (C=O) groups excluding carboxylic acids is 2. The van der Waals surface area contributed by atoms with E-state index in [4.69, 9.17) is 14.2 Å². The zero-order chi connectivity index (χ0) is 24.7. The number of aliphatic hydroxyl groups is 1. The Morgan fingerprint density at radius 3 is 2.48 bits per heavy atom. The summed E-state index contributed by atoms with van der Waals surface area (Å²) in [5.41, 5.74) is 0.297. The lowest BCUT2D eigenvalue weighted by Crippen LogP contribution is -2.37. The van der Waals surface area contributed by atoms with Crippen molar-refractivity contribution in [1.82, 2.24) is 0 Å². The molecule has 0 saturated heterocycles. The van der Waals surface area contributed by atoms with Gasteiger partial charge in [0.25, 0.3) is 5.69 Å². The van der Waals surface area contributed by atoms with Gasteiger partial charge in [0, 0.05) is 36.6 Å². The van der Waals surface area contributed by atoms with Crippen molar-refractivity contribution in [3.8, 4) is 0 Å². The van der Waals surface area contributed by atoms with Crippen LogP contribution >= 0.6 is 0 Å². The van der Waals surface area contributed by atoms with Gasteiger partial charge < -0.3 is 19.3 Å². The Morgan fingerprint density at radius 1 is 1.18 bits per heavy atom. The molecule has 1 aromatic carbocycles. The van der Waals surface area contributed by atoms with Gasteiger partial charge in [-0.25, -0.2) is 4.79 Å². The van der Waals surface area contributed by atoms with Gasteiger partial charge in [0.1, 0.15) is 12.5 Å². The Balaban J connectivity index is 2.53. The van der Waals surface area contributed by atoms with E-state index in [-0.39, 0.29) is 35.7 Å². The molecule has 0 spiro atoms. The molecular formula is C20H23N3O10. The van der Waals surface area contributed by atoms with Crippen LogP contribution in [0.25, 0.3) is 0 Å². The molecule has 0 bridgehead atoms. The normalized spacial score (nSPS) is 18.8. The summed E-state index contributed by atoms with van der Waals surface area (Å²) in [6, 6.07) is 5.36. The molecule has 13 nitrogen and oxygen atoms in total. The van der Waals surface area contributed by atoms with Gasteiger partial charge in [0.2, 0.25) is 0 Å². The number of rotatable bonds is 10. The number of esters is 2. The van der Waals surface area contributed by atoms with Crippen molar-refractivity contribution in [1.29, 1.82) is 0 Å². The highest BCUT2D eigenvalue weighted by Gasteiger charge is 2.43. The van der Waals surface area contributed by atoms with E-state index in [0.717, 1.165) is 0 Å². The fraction of sp³-hybridized carbons (Fsp3) is 0.450. The summed E-state index contributed by atoms with van der Waals surface area (Å²) >= 11 is 0. The van der Waals surface area contributed by atoms with Gasteiger partial charge in [-0.15, -0.1) is 0 Å². The first-order valence-corrected chi connectivity index (χ1v) is 9.73. The topological polar surface area (TPSA) is 181 Å². The first-order valence-electron chi connectivity index (χ1n) is 9.73. The van der Waals surface area contributed by atoms with Crippen LogP contribution in [0.5, 0.6) is 0 Å². The van der Waals surface area contributed by atoms with Crippen LogP contribution in [0.4, 0.5) is 5.69 Å². The summed E-state index contributed by atoms with van der Waals surface area (Å²) in [5, 5.41) is 31.3. The van der Waals surface area contributed by atoms with Crippen molar-refractivity contribution in [2.24, 2.45) is 10.9 Å². The van der Waals surface area contributed by atoms with Gasteiger partial charge in [-0.1, -0.05) is 12.1 Å². The number of methoxy groups -OCH3 is 1. The summed E-state index contributed by atoms with van der Waals surface area (Å²) in [7, 11) is 1.42. The average molecular weight is 465 g/mol. The first-order chi connectivity index (χ1) is 15.6. The van der Waals surface area contributed by atoms with E-state index in [1.165, 1.54) is 38.3 Å². The number of aliphatic hydroxyl groups excluding tert-OH is 1. The van der Waals surface area contributed by atoms with E-state index in [9.17, 15) is 34.9 Å². The van der Waals surface area contributed by atoms with E-state index in [2.05, 4.69) is 4.99 Å². The van der Waals surface area contributed by atoms with Gasteiger partial charge >= 0.3 is 18.2 Å². The summed E-state index contributed by atoms with van der Waals surface area (Å²) in [4.78, 5) is 50.3. The van der Waals surface area contributed by atoms with Crippen molar-refractivity contribution in [3.63, 3.8) is 0 Å². The maximum absolute atomic E-state index is 12.9. The second-order valence-electron chi connectivity index (χ2n) is 7.08. The Labute approximate surface area is 188 Å². The van der Waals surface area contributed by atoms with Crippen LogP contribution in [0.3, 0.4) is 0 Å². The SMILES string of the molecule is COCCOC(=O)C1C(C)=NC(C)=C(C(=O)OCC(O)[N+](=O)[O-])C1c1cccc([N+](=O)[O-])c1. The quantitative estimate of drug-likeness (QED) is 0.174. The van der Waals surface area contributed by atoms with Gasteiger partial charge in [-0.05, 0) is 19.4 Å². The molecule has 1 N–H and O–H groups in total. The molecule has 0 saturated carbocycles. The zero-order valence-electron chi connectivity index (χ0n) is 18.1. The third kappa shape index (κ3) is 6.17. The van der Waals surface area contributed by atoms with Crippen molar-refractivity contribution in [3.05, 3.63) is 61.3 Å². The number of hydrogen-bond acceptors (Lipinski definition) is 11. The summed E-state index contributed by atoms with van der Waals surface area (Å²) in [5.74, 6) is -4.02. The largest absolute Gasteiger partial charge is 0.463 e. The number of carbonyl (C=O) groups is 2. The summed E-state index contributed by atoms with van der Waals surface area (Å²) in [6.07, 6.45) is -2.14. The molecule has 178 valence electrons. The maximum Gasteiger partial charge on any atom is 0.347 e. The number of aliphatic imine (C=N–C) groups is 1. The molecular weight excluding hydrogens is 442 g/mol. The van der Waals surface area contributed by atoms with Crippen LogP contribution < -0.4 is 0 Å². The number of nitro groups is 2. The van der Waals surface area contributed by atoms with E-state index in [1.54, 1.807) is 6.92 Å². The molecule has 0 radical (unpaired) electrons. The molecule has 0 amide bonds. The van der Waals surface area contributed by atoms with Crippen LogP contribution in [0.1, 0.15) is 25.3 Å². The minimum atomic E-state index is -2.14. The van der Waals surface area contributed by atoms with Crippen LogP contribution in [-0.4, -0.2) is 65.8 Å². The molecule has 1 heterocycles. The highest BCUT2D eigenvalue weighted by Crippen LogP contribution is 2.41. The smallest absolute Gasteiger partial charge is 0.347 e. The molecule has 3 unspecified atom stereocenters. The van der Waals surface area contributed by atoms with Crippen LogP contribution in [-0.2, 0) is 23.8 Å². The second-order valence-corrected chi connectivity index (χ2v) is 7.08. The van der Waals surface area contributed by atoms with Crippen molar-refractivity contribution in [2.45, 2.75) is 26.0 Å². The van der Waals surface area contributed by atoms with E-state index in [0.29, 0.717) is 5.71 Å². The van der Waals surface area contributed by atoms with Crippen LogP contribution in [0.2, 0.25) is 0 Å². The predicted molar refractivity (Wildman–Crippen MR) is 112 cm³/mol. The number of nitro benzene ring substituents is 1. The predicted octanol–water partition coefficient (Wildman–Crippen LogP) is 1.37. The number of non-ortho nitro benzene ring substituents is 1. The lowest BCUT2D eigenvalue weighted by atomic mass is 9.75. The number of nitrogens with zero attached hydrogens (tertiary/aromatic N) is 3. The highest BCUT2D eigenvalue weighted by atomic mass is 16.7. The monoisotopic (exact) mass is 465 g/mol. The van der Waals surface area contributed by atoms with Crippen molar-refractivity contribution >= 4 is 23.3 Å². The standard InChI is InChI=1S/C20H23N3O10/c1-11-16(19(25)32-8-7-31-3)18(13-5-4-6-14(9-13)22(27)28)17(12(2)21-11)20(26)33-10-15(24)23(29)30/h4-6,9,15-16,18,24H,7-8,10H2,1-3H3. The first kappa shape index (κ1) is 25.5. The lowest BCUT2D eigenvalue weighted by Gasteiger charge is -2.31. The van der Waals surface area contributed by atoms with Gasteiger partial charge in [-0.3, -0.25) is 30.0 Å². The third-order valence-corrected chi connectivity index (χ3v) is 4.88. The Bertz CT molecular complexity index is 1000. The number of hydrogen-bond donors (Lipinski definition) is 1. The fourth-order valence-electron chi connectivity index (χ4n) is 3.40. The Hall–Kier alpha value is -3.71.